The van der Waals surface area contributed by atoms with Crippen molar-refractivity contribution in [2.75, 3.05) is 13.1 Å². The third-order valence-electron chi connectivity index (χ3n) is 4.83. The van der Waals surface area contributed by atoms with E-state index in [1.165, 1.54) is 0 Å². The molecule has 0 atom stereocenters. The maximum Gasteiger partial charge on any atom is 0.253 e. The van der Waals surface area contributed by atoms with Crippen LogP contribution in [0.15, 0.2) is 47.4 Å². The predicted octanol–water partition coefficient (Wildman–Crippen LogP) is 3.19. The van der Waals surface area contributed by atoms with E-state index in [1.54, 1.807) is 17.7 Å². The van der Waals surface area contributed by atoms with Crippen molar-refractivity contribution in [3.05, 3.63) is 64.1 Å². The summed E-state index contributed by atoms with van der Waals surface area (Å²) in [4.78, 5) is 26.5. The topological polar surface area (TPSA) is 51.5 Å². The summed E-state index contributed by atoms with van der Waals surface area (Å²) in [6.45, 7) is 5.34. The lowest BCUT2D eigenvalue weighted by Gasteiger charge is -2.32. The summed E-state index contributed by atoms with van der Waals surface area (Å²) in [5.41, 5.74) is 1.76. The molecule has 1 saturated heterocycles. The van der Waals surface area contributed by atoms with Crippen LogP contribution in [0.4, 0.5) is 0 Å². The highest BCUT2D eigenvalue weighted by atomic mass is 16.5. The van der Waals surface area contributed by atoms with Crippen molar-refractivity contribution in [3.8, 4) is 5.75 Å². The maximum atomic E-state index is 12.8. The van der Waals surface area contributed by atoms with E-state index in [-0.39, 0.29) is 17.6 Å². The molecule has 26 heavy (non-hydrogen) atoms. The Morgan fingerprint density at radius 1 is 1.15 bits per heavy atom. The molecule has 0 unspecified atom stereocenters. The molecular formula is C21H26N2O3. The first-order valence-electron chi connectivity index (χ1n) is 9.16. The van der Waals surface area contributed by atoms with Crippen molar-refractivity contribution in [1.82, 2.24) is 9.47 Å². The van der Waals surface area contributed by atoms with E-state index in [2.05, 4.69) is 0 Å². The number of amides is 1. The predicted molar refractivity (Wildman–Crippen MR) is 102 cm³/mol. The molecule has 0 radical (unpaired) electrons. The van der Waals surface area contributed by atoms with Crippen LogP contribution in [0, 0.1) is 0 Å². The van der Waals surface area contributed by atoms with Crippen LogP contribution in [-0.2, 0) is 7.05 Å². The first-order valence-corrected chi connectivity index (χ1v) is 9.16. The van der Waals surface area contributed by atoms with Crippen LogP contribution < -0.4 is 10.3 Å². The van der Waals surface area contributed by atoms with Crippen LogP contribution in [0.2, 0.25) is 0 Å². The Balaban J connectivity index is 1.65. The van der Waals surface area contributed by atoms with Gasteiger partial charge in [0.15, 0.2) is 0 Å². The number of piperidine rings is 1. The summed E-state index contributed by atoms with van der Waals surface area (Å²) in [5, 5.41) is 0. The van der Waals surface area contributed by atoms with E-state index in [0.29, 0.717) is 24.6 Å². The van der Waals surface area contributed by atoms with Crippen LogP contribution in [0.3, 0.4) is 0 Å². The van der Waals surface area contributed by atoms with Gasteiger partial charge >= 0.3 is 0 Å². The Morgan fingerprint density at radius 3 is 2.54 bits per heavy atom. The highest BCUT2D eigenvalue weighted by Crippen LogP contribution is 2.28. The zero-order valence-electron chi connectivity index (χ0n) is 15.6. The first-order chi connectivity index (χ1) is 12.4. The van der Waals surface area contributed by atoms with Crippen molar-refractivity contribution >= 4 is 5.91 Å². The average molecular weight is 354 g/mol. The zero-order chi connectivity index (χ0) is 18.7. The average Bonchev–Trinajstić information content (AvgIpc) is 2.63. The normalized spacial score (nSPS) is 15.3. The highest BCUT2D eigenvalue weighted by Gasteiger charge is 2.25. The number of nitrogens with zero attached hydrogens (tertiary/aromatic N) is 2. The van der Waals surface area contributed by atoms with Crippen LogP contribution in [-0.4, -0.2) is 34.6 Å². The van der Waals surface area contributed by atoms with Gasteiger partial charge in [-0.15, -0.1) is 0 Å². The van der Waals surface area contributed by atoms with Gasteiger partial charge in [-0.25, -0.2) is 0 Å². The fourth-order valence-corrected chi connectivity index (χ4v) is 3.39. The fourth-order valence-electron chi connectivity index (χ4n) is 3.39. The smallest absolute Gasteiger partial charge is 0.253 e. The maximum absolute atomic E-state index is 12.8. The van der Waals surface area contributed by atoms with Crippen LogP contribution >= 0.6 is 0 Å². The Morgan fingerprint density at radius 2 is 1.88 bits per heavy atom. The minimum Gasteiger partial charge on any atom is -0.491 e. The van der Waals surface area contributed by atoms with Gasteiger partial charge in [0.1, 0.15) is 5.75 Å². The van der Waals surface area contributed by atoms with Gasteiger partial charge in [0, 0.05) is 38.0 Å². The summed E-state index contributed by atoms with van der Waals surface area (Å²) >= 11 is 0. The number of rotatable bonds is 4. The molecule has 0 saturated carbocycles. The van der Waals surface area contributed by atoms with Crippen molar-refractivity contribution < 1.29 is 9.53 Å². The summed E-state index contributed by atoms with van der Waals surface area (Å²) in [5.74, 6) is 1.10. The number of carbonyl (C=O) groups excluding carboxylic acids is 1. The van der Waals surface area contributed by atoms with Crippen molar-refractivity contribution in [3.63, 3.8) is 0 Å². The zero-order valence-corrected chi connectivity index (χ0v) is 15.6. The fraction of sp³-hybridized carbons (Fsp3) is 0.429. The second-order valence-corrected chi connectivity index (χ2v) is 7.17. The number of aromatic nitrogens is 1. The number of aryl methyl sites for hydroxylation is 1. The van der Waals surface area contributed by atoms with E-state index >= 15 is 0 Å². The van der Waals surface area contributed by atoms with Gasteiger partial charge in [-0.1, -0.05) is 6.07 Å². The summed E-state index contributed by atoms with van der Waals surface area (Å²) in [6, 6.07) is 11.1. The monoisotopic (exact) mass is 354 g/mol. The summed E-state index contributed by atoms with van der Waals surface area (Å²) < 4.78 is 7.26. The van der Waals surface area contributed by atoms with Gasteiger partial charge in [-0.3, -0.25) is 9.59 Å². The third-order valence-corrected chi connectivity index (χ3v) is 4.83. The molecule has 138 valence electrons. The molecule has 0 aliphatic carbocycles. The third kappa shape index (κ3) is 4.15. The van der Waals surface area contributed by atoms with Crippen LogP contribution in [0.25, 0.3) is 0 Å². The number of hydrogen-bond donors (Lipinski definition) is 0. The molecule has 0 N–H and O–H groups in total. The molecule has 2 heterocycles. The quantitative estimate of drug-likeness (QED) is 0.847. The van der Waals surface area contributed by atoms with Gasteiger partial charge in [-0.2, -0.15) is 0 Å². The number of benzene rings is 1. The summed E-state index contributed by atoms with van der Waals surface area (Å²) in [7, 11) is 1.75. The number of hydrogen-bond acceptors (Lipinski definition) is 3. The Labute approximate surface area is 154 Å². The van der Waals surface area contributed by atoms with Gasteiger partial charge in [0.2, 0.25) is 0 Å². The largest absolute Gasteiger partial charge is 0.491 e. The molecule has 1 aromatic heterocycles. The van der Waals surface area contributed by atoms with Gasteiger partial charge in [0.25, 0.3) is 11.5 Å². The number of carbonyl (C=O) groups is 1. The molecule has 1 amide bonds. The second kappa shape index (κ2) is 7.77. The molecule has 5 heteroatoms. The molecule has 1 aliphatic heterocycles. The molecule has 0 bridgehead atoms. The van der Waals surface area contributed by atoms with Crippen LogP contribution in [0.1, 0.15) is 48.5 Å². The van der Waals surface area contributed by atoms with Crippen LogP contribution in [0.5, 0.6) is 5.75 Å². The van der Waals surface area contributed by atoms with E-state index in [4.69, 9.17) is 4.74 Å². The SMILES string of the molecule is CC(C)Oc1cccc(C(=O)N2CCC(c3ccn(C)c(=O)c3)CC2)c1. The summed E-state index contributed by atoms with van der Waals surface area (Å²) in [6.07, 6.45) is 3.65. The van der Waals surface area contributed by atoms with Gasteiger partial charge in [0.05, 0.1) is 6.10 Å². The van der Waals surface area contributed by atoms with Crippen molar-refractivity contribution in [2.45, 2.75) is 38.7 Å². The Bertz CT molecular complexity index is 833. The first kappa shape index (κ1) is 18.2. The lowest BCUT2D eigenvalue weighted by Crippen LogP contribution is -2.38. The molecule has 5 nitrogen and oxygen atoms in total. The Hall–Kier alpha value is -2.56. The molecular weight excluding hydrogens is 328 g/mol. The lowest BCUT2D eigenvalue weighted by atomic mass is 9.90. The molecule has 1 aromatic carbocycles. The molecule has 0 spiro atoms. The van der Waals surface area contributed by atoms with E-state index in [1.807, 2.05) is 55.3 Å². The minimum atomic E-state index is 0.0166. The van der Waals surface area contributed by atoms with Gasteiger partial charge in [-0.05, 0) is 62.4 Å². The van der Waals surface area contributed by atoms with Crippen molar-refractivity contribution in [2.24, 2.45) is 7.05 Å². The van der Waals surface area contributed by atoms with E-state index in [9.17, 15) is 9.59 Å². The van der Waals surface area contributed by atoms with Gasteiger partial charge < -0.3 is 14.2 Å². The molecule has 3 rings (SSSR count). The Kier molecular flexibility index (Phi) is 5.45. The molecule has 1 aliphatic rings. The van der Waals surface area contributed by atoms with E-state index < -0.39 is 0 Å². The lowest BCUT2D eigenvalue weighted by molar-refractivity contribution is 0.0712. The minimum absolute atomic E-state index is 0.0166. The molecule has 2 aromatic rings. The standard InChI is InChI=1S/C21H26N2O3/c1-15(2)26-19-6-4-5-18(13-19)21(25)23-11-8-16(9-12-23)17-7-10-22(3)20(24)14-17/h4-7,10,13-16H,8-9,11-12H2,1-3H3. The number of ether oxygens (including phenoxy) is 1. The molecule has 1 fully saturated rings. The van der Waals surface area contributed by atoms with E-state index in [0.717, 1.165) is 24.2 Å². The number of pyridine rings is 1. The van der Waals surface area contributed by atoms with Crippen molar-refractivity contribution in [1.29, 1.82) is 0 Å². The number of likely N-dealkylation sites (tertiary alicyclic amines) is 1. The highest BCUT2D eigenvalue weighted by molar-refractivity contribution is 5.94. The second-order valence-electron chi connectivity index (χ2n) is 7.17.